The Morgan fingerprint density at radius 1 is 1.22 bits per heavy atom. The number of carbonyl (C=O) groups is 2. The van der Waals surface area contributed by atoms with Gasteiger partial charge in [0.25, 0.3) is 5.91 Å². The zero-order valence-corrected chi connectivity index (χ0v) is 18.0. The van der Waals surface area contributed by atoms with Crippen LogP contribution in [0.1, 0.15) is 42.9 Å². The van der Waals surface area contributed by atoms with Crippen molar-refractivity contribution in [3.63, 3.8) is 0 Å². The van der Waals surface area contributed by atoms with Crippen LogP contribution in [0.4, 0.5) is 0 Å². The average molecular weight is 433 g/mol. The van der Waals surface area contributed by atoms with Crippen LogP contribution >= 0.6 is 0 Å². The average Bonchev–Trinajstić information content (AvgIpc) is 3.43. The summed E-state index contributed by atoms with van der Waals surface area (Å²) in [6.07, 6.45) is 9.22. The number of nitrogens with one attached hydrogen (secondary N) is 1. The topological polar surface area (TPSA) is 87.5 Å². The van der Waals surface area contributed by atoms with E-state index < -0.39 is 5.91 Å². The maximum absolute atomic E-state index is 12.0. The fraction of sp³-hybridized carbons (Fsp3) is 0.320. The number of benzene rings is 2. The molecule has 7 nitrogen and oxygen atoms in total. The third-order valence-corrected chi connectivity index (χ3v) is 5.98. The number of imidazole rings is 1. The Labute approximate surface area is 187 Å². The van der Waals surface area contributed by atoms with Crippen LogP contribution in [-0.4, -0.2) is 44.6 Å². The van der Waals surface area contributed by atoms with Gasteiger partial charge < -0.3 is 9.47 Å². The zero-order chi connectivity index (χ0) is 22.3. The van der Waals surface area contributed by atoms with Crippen LogP contribution in [0.5, 0.6) is 0 Å². The Hall–Kier alpha value is -3.45. The van der Waals surface area contributed by atoms with E-state index in [4.69, 9.17) is 5.21 Å². The molecule has 2 N–H and O–H groups in total. The van der Waals surface area contributed by atoms with Gasteiger partial charge in [-0.2, -0.15) is 0 Å². The van der Waals surface area contributed by atoms with Crippen molar-refractivity contribution in [2.75, 3.05) is 13.1 Å². The molecule has 1 fully saturated rings. The van der Waals surface area contributed by atoms with Gasteiger partial charge in [0, 0.05) is 31.6 Å². The van der Waals surface area contributed by atoms with E-state index >= 15 is 0 Å². The second-order valence-corrected chi connectivity index (χ2v) is 8.18. The molecule has 1 aliphatic rings. The summed E-state index contributed by atoms with van der Waals surface area (Å²) in [7, 11) is 0. The quantitative estimate of drug-likeness (QED) is 0.306. The number of nitrogens with zero attached hydrogens (tertiary/aromatic N) is 3. The molecule has 1 aromatic heterocycles. The van der Waals surface area contributed by atoms with Gasteiger partial charge in [-0.25, -0.2) is 10.5 Å². The van der Waals surface area contributed by atoms with E-state index in [-0.39, 0.29) is 11.9 Å². The molecule has 1 saturated heterocycles. The van der Waals surface area contributed by atoms with Gasteiger partial charge >= 0.3 is 0 Å². The number of hydroxylamine groups is 1. The summed E-state index contributed by atoms with van der Waals surface area (Å²) in [6.45, 7) is 1.68. The van der Waals surface area contributed by atoms with Gasteiger partial charge in [0.2, 0.25) is 5.91 Å². The first-order valence-electron chi connectivity index (χ1n) is 11.0. The molecule has 0 saturated carbocycles. The summed E-state index contributed by atoms with van der Waals surface area (Å²) in [5, 5.41) is 8.64. The lowest BCUT2D eigenvalue weighted by molar-refractivity contribution is -0.127. The van der Waals surface area contributed by atoms with E-state index in [1.807, 2.05) is 35.5 Å². The summed E-state index contributed by atoms with van der Waals surface area (Å²) >= 11 is 0. The number of likely N-dealkylation sites (tertiary alicyclic amines) is 1. The highest BCUT2D eigenvalue weighted by molar-refractivity contribution is 5.91. The molecule has 4 rings (SSSR count). The maximum atomic E-state index is 12.0. The number of amides is 2. The smallest absolute Gasteiger partial charge is 0.267 e. The summed E-state index contributed by atoms with van der Waals surface area (Å²) in [5.74, 6) is -0.303. The molecule has 2 amide bonds. The molecule has 2 aromatic carbocycles. The van der Waals surface area contributed by atoms with Gasteiger partial charge in [-0.05, 0) is 55.0 Å². The minimum absolute atomic E-state index is 0.224. The van der Waals surface area contributed by atoms with Gasteiger partial charge in [-0.3, -0.25) is 14.8 Å². The van der Waals surface area contributed by atoms with Crippen molar-refractivity contribution in [3.8, 4) is 0 Å². The Morgan fingerprint density at radius 2 is 2.06 bits per heavy atom. The molecule has 1 unspecified atom stereocenters. The summed E-state index contributed by atoms with van der Waals surface area (Å²) in [4.78, 5) is 29.8. The highest BCUT2D eigenvalue weighted by atomic mass is 16.5. The third kappa shape index (κ3) is 5.23. The summed E-state index contributed by atoms with van der Waals surface area (Å²) in [6, 6.07) is 16.5. The predicted molar refractivity (Wildman–Crippen MR) is 123 cm³/mol. The van der Waals surface area contributed by atoms with E-state index in [9.17, 15) is 9.59 Å². The Morgan fingerprint density at radius 3 is 2.81 bits per heavy atom. The second kappa shape index (κ2) is 10.2. The normalized spacial score (nSPS) is 15.0. The van der Waals surface area contributed by atoms with Crippen LogP contribution in [0.15, 0.2) is 60.9 Å². The van der Waals surface area contributed by atoms with Gasteiger partial charge in [-0.15, -0.1) is 0 Å². The SMILES string of the molecule is O=C(C=Cc1ccc2c(c1)ncn2C(CCCN1CCCC1=O)Cc1ccccc1)NO. The molecule has 0 aliphatic carbocycles. The van der Waals surface area contributed by atoms with Gasteiger partial charge in [0.1, 0.15) is 0 Å². The number of carbonyl (C=O) groups excluding carboxylic acids is 2. The summed E-state index contributed by atoms with van der Waals surface area (Å²) < 4.78 is 2.22. The van der Waals surface area contributed by atoms with Crippen molar-refractivity contribution >= 4 is 28.9 Å². The molecular weight excluding hydrogens is 404 g/mol. The molecule has 1 atom stereocenters. The van der Waals surface area contributed by atoms with Crippen LogP contribution in [0.2, 0.25) is 0 Å². The fourth-order valence-corrected chi connectivity index (χ4v) is 4.34. The summed E-state index contributed by atoms with van der Waals surface area (Å²) in [5.41, 5.74) is 5.57. The Kier molecular flexibility index (Phi) is 6.97. The first kappa shape index (κ1) is 21.8. The van der Waals surface area contributed by atoms with E-state index in [1.54, 1.807) is 11.6 Å². The zero-order valence-electron chi connectivity index (χ0n) is 18.0. The van der Waals surface area contributed by atoms with Gasteiger partial charge in [0.15, 0.2) is 0 Å². The van der Waals surface area contributed by atoms with Gasteiger partial charge in [0.05, 0.1) is 17.4 Å². The van der Waals surface area contributed by atoms with Crippen molar-refractivity contribution in [1.29, 1.82) is 0 Å². The first-order chi connectivity index (χ1) is 15.6. The van der Waals surface area contributed by atoms with E-state index in [1.165, 1.54) is 11.6 Å². The molecule has 0 spiro atoms. The highest BCUT2D eigenvalue weighted by Crippen LogP contribution is 2.26. The van der Waals surface area contributed by atoms with E-state index in [2.05, 4.69) is 33.8 Å². The molecule has 3 aromatic rings. The van der Waals surface area contributed by atoms with Crippen molar-refractivity contribution < 1.29 is 14.8 Å². The largest absolute Gasteiger partial charge is 0.343 e. The molecule has 1 aliphatic heterocycles. The molecule has 32 heavy (non-hydrogen) atoms. The highest BCUT2D eigenvalue weighted by Gasteiger charge is 2.21. The number of rotatable bonds is 9. The number of hydrogen-bond donors (Lipinski definition) is 2. The van der Waals surface area contributed by atoms with Crippen molar-refractivity contribution in [2.24, 2.45) is 0 Å². The number of aromatic nitrogens is 2. The maximum Gasteiger partial charge on any atom is 0.267 e. The standard InChI is InChI=1S/C25H28N4O3/c30-24(27-32)13-11-20-10-12-23-22(17-20)26-18-29(23)21(16-19-6-2-1-3-7-19)8-4-14-28-15-5-9-25(28)31/h1-3,6-7,10-13,17-18,21,32H,4-5,8-9,14-16H2,(H,27,30). The van der Waals surface area contributed by atoms with Crippen LogP contribution < -0.4 is 5.48 Å². The minimum atomic E-state index is -0.574. The molecule has 7 heteroatoms. The Bertz CT molecular complexity index is 1110. The fourth-order valence-electron chi connectivity index (χ4n) is 4.34. The van der Waals surface area contributed by atoms with Crippen LogP contribution in [0.25, 0.3) is 17.1 Å². The monoisotopic (exact) mass is 432 g/mol. The van der Waals surface area contributed by atoms with Crippen LogP contribution in [0, 0.1) is 0 Å². The Balaban J connectivity index is 1.54. The third-order valence-electron chi connectivity index (χ3n) is 5.98. The lowest BCUT2D eigenvalue weighted by atomic mass is 10.0. The lowest BCUT2D eigenvalue weighted by Crippen LogP contribution is -2.26. The molecule has 166 valence electrons. The van der Waals surface area contributed by atoms with Gasteiger partial charge in [-0.1, -0.05) is 36.4 Å². The van der Waals surface area contributed by atoms with Crippen molar-refractivity contribution in [3.05, 3.63) is 72.1 Å². The lowest BCUT2D eigenvalue weighted by Gasteiger charge is -2.22. The minimum Gasteiger partial charge on any atom is -0.343 e. The molecule has 0 radical (unpaired) electrons. The van der Waals surface area contributed by atoms with Crippen LogP contribution in [0.3, 0.4) is 0 Å². The number of fused-ring (bicyclic) bond motifs is 1. The van der Waals surface area contributed by atoms with E-state index in [0.717, 1.165) is 55.4 Å². The second-order valence-electron chi connectivity index (χ2n) is 8.18. The first-order valence-corrected chi connectivity index (χ1v) is 11.0. The molecule has 2 heterocycles. The number of hydrogen-bond acceptors (Lipinski definition) is 4. The van der Waals surface area contributed by atoms with E-state index in [0.29, 0.717) is 6.42 Å². The molecule has 0 bridgehead atoms. The van der Waals surface area contributed by atoms with Crippen molar-refractivity contribution in [2.45, 2.75) is 38.1 Å². The molecular formula is C25H28N4O3. The van der Waals surface area contributed by atoms with Crippen molar-refractivity contribution in [1.82, 2.24) is 19.9 Å². The van der Waals surface area contributed by atoms with Crippen LogP contribution in [-0.2, 0) is 16.0 Å². The predicted octanol–water partition coefficient (Wildman–Crippen LogP) is 3.74.